The number of hydrogen-bond donors (Lipinski definition) is 1. The fourth-order valence-corrected chi connectivity index (χ4v) is 4.75. The van der Waals surface area contributed by atoms with E-state index in [2.05, 4.69) is 16.2 Å². The summed E-state index contributed by atoms with van der Waals surface area (Å²) in [5.41, 5.74) is 6.88. The lowest BCUT2D eigenvalue weighted by atomic mass is 9.74. The van der Waals surface area contributed by atoms with Gasteiger partial charge in [-0.2, -0.15) is 10.4 Å². The van der Waals surface area contributed by atoms with E-state index in [0.29, 0.717) is 22.7 Å². The zero-order valence-electron chi connectivity index (χ0n) is 14.2. The van der Waals surface area contributed by atoms with Crippen molar-refractivity contribution in [1.29, 1.82) is 5.26 Å². The molecule has 8 heteroatoms. The van der Waals surface area contributed by atoms with Crippen LogP contribution in [0, 0.1) is 23.1 Å². The van der Waals surface area contributed by atoms with E-state index in [1.807, 2.05) is 13.2 Å². The van der Waals surface area contributed by atoms with E-state index in [4.69, 9.17) is 10.5 Å². The van der Waals surface area contributed by atoms with Crippen LogP contribution in [0.2, 0.25) is 0 Å². The van der Waals surface area contributed by atoms with Gasteiger partial charge in [0.25, 0.3) is 0 Å². The Morgan fingerprint density at radius 3 is 3.08 bits per heavy atom. The Kier molecular flexibility index (Phi) is 4.21. The average Bonchev–Trinajstić information content (AvgIpc) is 3.08. The van der Waals surface area contributed by atoms with Crippen LogP contribution < -0.4 is 5.73 Å². The first-order chi connectivity index (χ1) is 12.5. The maximum atomic E-state index is 14.7. The number of rotatable bonds is 2. The largest absolute Gasteiger partial charge is 0.379 e. The lowest BCUT2D eigenvalue weighted by molar-refractivity contribution is -0.0587. The number of aryl methyl sites for hydroxylation is 1. The molecular formula is C18H18FN5OS. The molecule has 6 nitrogen and oxygen atoms in total. The molecule has 2 aromatic rings. The van der Waals surface area contributed by atoms with Crippen molar-refractivity contribution < 1.29 is 9.13 Å². The van der Waals surface area contributed by atoms with Crippen molar-refractivity contribution in [2.75, 3.05) is 12.4 Å². The zero-order valence-corrected chi connectivity index (χ0v) is 15.0. The number of aromatic nitrogens is 2. The third-order valence-corrected chi connectivity index (χ3v) is 6.04. The van der Waals surface area contributed by atoms with Gasteiger partial charge in [0.05, 0.1) is 30.5 Å². The Balaban J connectivity index is 1.75. The molecule has 1 aromatic carbocycles. The molecule has 3 heterocycles. The van der Waals surface area contributed by atoms with Crippen molar-refractivity contribution in [3.63, 3.8) is 0 Å². The molecule has 0 aliphatic carbocycles. The predicted molar refractivity (Wildman–Crippen MR) is 96.9 cm³/mol. The quantitative estimate of drug-likeness (QED) is 0.876. The number of halogens is 1. The van der Waals surface area contributed by atoms with Crippen molar-refractivity contribution >= 4 is 16.9 Å². The molecule has 2 aliphatic rings. The summed E-state index contributed by atoms with van der Waals surface area (Å²) in [6, 6.07) is 6.43. The minimum atomic E-state index is -0.898. The fourth-order valence-electron chi connectivity index (χ4n) is 3.73. The second kappa shape index (κ2) is 6.41. The zero-order chi connectivity index (χ0) is 18.3. The summed E-state index contributed by atoms with van der Waals surface area (Å²) in [6.45, 7) is 0.213. The molecule has 0 amide bonds. The number of thioether (sulfide) groups is 1. The van der Waals surface area contributed by atoms with Crippen LogP contribution in [0.25, 0.3) is 0 Å². The first-order valence-electron chi connectivity index (χ1n) is 8.30. The summed E-state index contributed by atoms with van der Waals surface area (Å²) < 4.78 is 22.6. The smallest absolute Gasteiger partial charge is 0.154 e. The predicted octanol–water partition coefficient (Wildman–Crippen LogP) is 2.47. The van der Waals surface area contributed by atoms with Gasteiger partial charge in [0.15, 0.2) is 5.17 Å². The standard InChI is InChI=1S/C18H18FN5OS/c1-24-8-12(7-22-24)16-5-13-9-26-17(21)23-18(13,10-25-16)14-4-11(6-20)2-3-15(14)19/h2-4,7-8,13,16H,5,9-10H2,1H3,(H2,21,23)/t13-,16+,18-/m0/s1. The maximum absolute atomic E-state index is 14.7. The van der Waals surface area contributed by atoms with Gasteiger partial charge in [0.2, 0.25) is 0 Å². The topological polar surface area (TPSA) is 89.2 Å². The van der Waals surface area contributed by atoms with Crippen LogP contribution in [0.15, 0.2) is 35.6 Å². The van der Waals surface area contributed by atoms with Gasteiger partial charge < -0.3 is 10.5 Å². The van der Waals surface area contributed by atoms with Crippen molar-refractivity contribution in [2.24, 2.45) is 23.7 Å². The summed E-state index contributed by atoms with van der Waals surface area (Å²) in [5.74, 6) is 0.383. The number of fused-ring (bicyclic) bond motifs is 1. The molecule has 0 spiro atoms. The van der Waals surface area contributed by atoms with E-state index in [1.54, 1.807) is 16.9 Å². The first kappa shape index (κ1) is 17.1. The molecule has 134 valence electrons. The van der Waals surface area contributed by atoms with E-state index in [1.165, 1.54) is 23.9 Å². The Morgan fingerprint density at radius 2 is 2.35 bits per heavy atom. The highest BCUT2D eigenvalue weighted by Gasteiger charge is 2.49. The van der Waals surface area contributed by atoms with Crippen LogP contribution in [0.4, 0.5) is 4.39 Å². The SMILES string of the molecule is Cn1cc([C@H]2C[C@H]3CSC(N)=N[C@@]3(c3cc(C#N)ccc3F)CO2)cn1. The minimum absolute atomic E-state index is 0.0437. The molecule has 0 unspecified atom stereocenters. The summed E-state index contributed by atoms with van der Waals surface area (Å²) in [5, 5.41) is 13.8. The highest BCUT2D eigenvalue weighted by atomic mass is 32.2. The van der Waals surface area contributed by atoms with Gasteiger partial charge in [0, 0.05) is 36.0 Å². The van der Waals surface area contributed by atoms with Crippen molar-refractivity contribution in [3.8, 4) is 6.07 Å². The van der Waals surface area contributed by atoms with Gasteiger partial charge in [-0.3, -0.25) is 4.68 Å². The lowest BCUT2D eigenvalue weighted by Crippen LogP contribution is -2.48. The second-order valence-corrected chi connectivity index (χ2v) is 7.71. The number of nitriles is 1. The molecule has 2 N–H and O–H groups in total. The number of nitrogens with zero attached hydrogens (tertiary/aromatic N) is 4. The minimum Gasteiger partial charge on any atom is -0.379 e. The van der Waals surface area contributed by atoms with E-state index in [0.717, 1.165) is 11.3 Å². The highest BCUT2D eigenvalue weighted by Crippen LogP contribution is 2.49. The van der Waals surface area contributed by atoms with Crippen LogP contribution in [-0.2, 0) is 17.3 Å². The molecule has 26 heavy (non-hydrogen) atoms. The molecule has 0 saturated carbocycles. The molecule has 1 saturated heterocycles. The van der Waals surface area contributed by atoms with E-state index < -0.39 is 5.54 Å². The normalized spacial score (nSPS) is 28.1. The van der Waals surface area contributed by atoms with E-state index in [-0.39, 0.29) is 24.4 Å². The van der Waals surface area contributed by atoms with E-state index in [9.17, 15) is 9.65 Å². The molecule has 2 aliphatic heterocycles. The Bertz CT molecular complexity index is 921. The van der Waals surface area contributed by atoms with Crippen molar-refractivity contribution in [3.05, 3.63) is 53.1 Å². The average molecular weight is 371 g/mol. The van der Waals surface area contributed by atoms with Gasteiger partial charge in [-0.25, -0.2) is 9.38 Å². The molecular weight excluding hydrogens is 353 g/mol. The number of nitrogens with two attached hydrogens (primary N) is 1. The number of ether oxygens (including phenoxy) is 1. The van der Waals surface area contributed by atoms with Gasteiger partial charge in [-0.15, -0.1) is 0 Å². The van der Waals surface area contributed by atoms with Crippen LogP contribution in [0.1, 0.15) is 29.2 Å². The number of aliphatic imine (C=N–C) groups is 1. The molecule has 0 bridgehead atoms. The summed E-state index contributed by atoms with van der Waals surface area (Å²) in [6.07, 6.45) is 4.30. The Hall–Kier alpha value is -2.37. The first-order valence-corrected chi connectivity index (χ1v) is 9.29. The van der Waals surface area contributed by atoms with Crippen molar-refractivity contribution in [1.82, 2.24) is 9.78 Å². The molecule has 3 atom stereocenters. The molecule has 0 radical (unpaired) electrons. The third-order valence-electron chi connectivity index (χ3n) is 5.08. The number of hydrogen-bond acceptors (Lipinski definition) is 6. The van der Waals surface area contributed by atoms with Gasteiger partial charge in [0.1, 0.15) is 11.4 Å². The number of amidine groups is 1. The highest BCUT2D eigenvalue weighted by molar-refractivity contribution is 8.13. The maximum Gasteiger partial charge on any atom is 0.154 e. The summed E-state index contributed by atoms with van der Waals surface area (Å²) in [4.78, 5) is 4.64. The van der Waals surface area contributed by atoms with Gasteiger partial charge in [-0.05, 0) is 24.6 Å². The Labute approximate surface area is 154 Å². The fraction of sp³-hybridized carbons (Fsp3) is 0.389. The Morgan fingerprint density at radius 1 is 1.50 bits per heavy atom. The molecule has 1 fully saturated rings. The molecule has 4 rings (SSSR count). The van der Waals surface area contributed by atoms with Gasteiger partial charge >= 0.3 is 0 Å². The summed E-state index contributed by atoms with van der Waals surface area (Å²) >= 11 is 1.48. The van der Waals surface area contributed by atoms with E-state index >= 15 is 0 Å². The van der Waals surface area contributed by atoms with Crippen LogP contribution in [0.3, 0.4) is 0 Å². The summed E-state index contributed by atoms with van der Waals surface area (Å²) in [7, 11) is 1.86. The lowest BCUT2D eigenvalue weighted by Gasteiger charge is -2.46. The van der Waals surface area contributed by atoms with Crippen molar-refractivity contribution in [2.45, 2.75) is 18.1 Å². The monoisotopic (exact) mass is 371 g/mol. The molecule has 1 aromatic heterocycles. The van der Waals surface area contributed by atoms with Crippen LogP contribution >= 0.6 is 11.8 Å². The van der Waals surface area contributed by atoms with Crippen LogP contribution in [0.5, 0.6) is 0 Å². The number of benzene rings is 1. The third kappa shape index (κ3) is 2.77. The van der Waals surface area contributed by atoms with Gasteiger partial charge in [-0.1, -0.05) is 11.8 Å². The second-order valence-electron chi connectivity index (χ2n) is 6.67. The van der Waals surface area contributed by atoms with Crippen LogP contribution in [-0.4, -0.2) is 27.3 Å².